The van der Waals surface area contributed by atoms with E-state index in [1.165, 1.54) is 12.8 Å². The van der Waals surface area contributed by atoms with E-state index in [4.69, 9.17) is 5.11 Å². The van der Waals surface area contributed by atoms with E-state index in [1.807, 2.05) is 0 Å². The molecule has 70 valence electrons. The van der Waals surface area contributed by atoms with Crippen molar-refractivity contribution in [2.24, 2.45) is 0 Å². The molecule has 0 aromatic rings. The summed E-state index contributed by atoms with van der Waals surface area (Å²) in [6.45, 7) is 3.31. The molecule has 0 atom stereocenters. The summed E-state index contributed by atoms with van der Waals surface area (Å²) in [6, 6.07) is 0.577. The fourth-order valence-corrected chi connectivity index (χ4v) is 1.37. The second-order valence-electron chi connectivity index (χ2n) is 3.45. The van der Waals surface area contributed by atoms with E-state index >= 15 is 0 Å². The van der Waals surface area contributed by atoms with Gasteiger partial charge in [-0.05, 0) is 25.8 Å². The molecule has 0 aliphatic heterocycles. The van der Waals surface area contributed by atoms with Crippen molar-refractivity contribution in [1.29, 1.82) is 0 Å². The van der Waals surface area contributed by atoms with Gasteiger partial charge in [-0.3, -0.25) is 9.69 Å². The third kappa shape index (κ3) is 3.22. The van der Waals surface area contributed by atoms with Crippen molar-refractivity contribution >= 4 is 5.97 Å². The summed E-state index contributed by atoms with van der Waals surface area (Å²) in [4.78, 5) is 12.6. The molecular formula is C9H17NO2. The van der Waals surface area contributed by atoms with Crippen LogP contribution < -0.4 is 0 Å². The first-order valence-corrected chi connectivity index (χ1v) is 4.70. The van der Waals surface area contributed by atoms with E-state index in [1.54, 1.807) is 0 Å². The number of aliphatic carboxylic acids is 1. The first-order chi connectivity index (χ1) is 5.74. The molecule has 3 nitrogen and oxygen atoms in total. The molecule has 0 spiro atoms. The number of rotatable bonds is 6. The number of carboxylic acids is 1. The summed E-state index contributed by atoms with van der Waals surface area (Å²) in [5, 5.41) is 8.62. The van der Waals surface area contributed by atoms with Crippen molar-refractivity contribution < 1.29 is 9.90 Å². The maximum atomic E-state index is 10.5. The number of hydrogen-bond donors (Lipinski definition) is 1. The summed E-state index contributed by atoms with van der Waals surface area (Å²) in [6.07, 6.45) is 4.64. The van der Waals surface area contributed by atoms with Crippen LogP contribution in [-0.2, 0) is 4.79 Å². The van der Waals surface area contributed by atoms with E-state index in [9.17, 15) is 4.79 Å². The highest BCUT2D eigenvalue weighted by atomic mass is 16.4. The molecule has 12 heavy (non-hydrogen) atoms. The Labute approximate surface area is 73.4 Å². The van der Waals surface area contributed by atoms with Gasteiger partial charge in [0.1, 0.15) is 0 Å². The molecule has 1 N–H and O–H groups in total. The zero-order valence-corrected chi connectivity index (χ0v) is 7.62. The summed E-state index contributed by atoms with van der Waals surface area (Å²) in [5.41, 5.74) is 0. The number of carboxylic acid groups (broad SMARTS) is 1. The van der Waals surface area contributed by atoms with Gasteiger partial charge in [0, 0.05) is 6.04 Å². The van der Waals surface area contributed by atoms with Crippen LogP contribution in [-0.4, -0.2) is 35.1 Å². The lowest BCUT2D eigenvalue weighted by Crippen LogP contribution is -2.32. The number of unbranched alkanes of at least 4 members (excludes halogenated alkanes) is 1. The van der Waals surface area contributed by atoms with Crippen LogP contribution in [0, 0.1) is 0 Å². The molecular weight excluding hydrogens is 154 g/mol. The zero-order valence-electron chi connectivity index (χ0n) is 7.62. The summed E-state index contributed by atoms with van der Waals surface area (Å²) in [5.74, 6) is -0.696. The lowest BCUT2D eigenvalue weighted by atomic mass is 10.3. The molecule has 1 aliphatic carbocycles. The molecule has 0 amide bonds. The minimum absolute atomic E-state index is 0.227. The summed E-state index contributed by atoms with van der Waals surface area (Å²) < 4.78 is 0. The molecule has 0 aromatic heterocycles. The summed E-state index contributed by atoms with van der Waals surface area (Å²) in [7, 11) is 0. The van der Waals surface area contributed by atoms with E-state index < -0.39 is 5.97 Å². The standard InChI is InChI=1S/C9H17NO2/c1-2-3-6-10(7-9(11)12)8-4-5-8/h8H,2-7H2,1H3,(H,11,12). The second kappa shape index (κ2) is 4.45. The Balaban J connectivity index is 2.22. The van der Waals surface area contributed by atoms with Gasteiger partial charge in [0.15, 0.2) is 0 Å². The van der Waals surface area contributed by atoms with Crippen LogP contribution in [0.5, 0.6) is 0 Å². The quantitative estimate of drug-likeness (QED) is 0.655. The van der Waals surface area contributed by atoms with Crippen LogP contribution in [0.3, 0.4) is 0 Å². The van der Waals surface area contributed by atoms with Gasteiger partial charge in [0.05, 0.1) is 6.54 Å². The molecule has 1 aliphatic rings. The van der Waals surface area contributed by atoms with Gasteiger partial charge in [-0.15, -0.1) is 0 Å². The second-order valence-corrected chi connectivity index (χ2v) is 3.45. The van der Waals surface area contributed by atoms with Gasteiger partial charge in [0.2, 0.25) is 0 Å². The van der Waals surface area contributed by atoms with Crippen molar-refractivity contribution in [3.05, 3.63) is 0 Å². The highest BCUT2D eigenvalue weighted by Crippen LogP contribution is 2.26. The molecule has 3 heteroatoms. The molecule has 0 unspecified atom stereocenters. The van der Waals surface area contributed by atoms with Crippen molar-refractivity contribution in [2.45, 2.75) is 38.6 Å². The average molecular weight is 171 g/mol. The zero-order chi connectivity index (χ0) is 8.97. The summed E-state index contributed by atoms with van der Waals surface area (Å²) >= 11 is 0. The Kier molecular flexibility index (Phi) is 3.53. The molecule has 1 saturated carbocycles. The predicted molar refractivity (Wildman–Crippen MR) is 47.1 cm³/mol. The first kappa shape index (κ1) is 9.52. The third-order valence-electron chi connectivity index (χ3n) is 2.20. The number of carbonyl (C=O) groups is 1. The Hall–Kier alpha value is -0.570. The maximum absolute atomic E-state index is 10.5. The molecule has 0 bridgehead atoms. The van der Waals surface area contributed by atoms with Crippen LogP contribution >= 0.6 is 0 Å². The largest absolute Gasteiger partial charge is 0.480 e. The van der Waals surface area contributed by atoms with Crippen molar-refractivity contribution in [2.75, 3.05) is 13.1 Å². The van der Waals surface area contributed by atoms with E-state index in [0.29, 0.717) is 6.04 Å². The van der Waals surface area contributed by atoms with Crippen molar-refractivity contribution in [3.63, 3.8) is 0 Å². The van der Waals surface area contributed by atoms with Gasteiger partial charge < -0.3 is 5.11 Å². The minimum atomic E-state index is -0.696. The van der Waals surface area contributed by atoms with Gasteiger partial charge in [0.25, 0.3) is 0 Å². The van der Waals surface area contributed by atoms with Gasteiger partial charge in [-0.1, -0.05) is 13.3 Å². The third-order valence-corrected chi connectivity index (χ3v) is 2.20. The molecule has 0 radical (unpaired) electrons. The van der Waals surface area contributed by atoms with Crippen LogP contribution in [0.15, 0.2) is 0 Å². The lowest BCUT2D eigenvalue weighted by Gasteiger charge is -2.18. The highest BCUT2D eigenvalue weighted by Gasteiger charge is 2.29. The fourth-order valence-electron chi connectivity index (χ4n) is 1.37. The Bertz CT molecular complexity index is 155. The molecule has 0 heterocycles. The smallest absolute Gasteiger partial charge is 0.317 e. The van der Waals surface area contributed by atoms with Crippen LogP contribution in [0.1, 0.15) is 32.6 Å². The minimum Gasteiger partial charge on any atom is -0.480 e. The van der Waals surface area contributed by atoms with E-state index in [0.717, 1.165) is 19.4 Å². The normalized spacial score (nSPS) is 16.8. The van der Waals surface area contributed by atoms with Crippen molar-refractivity contribution in [1.82, 2.24) is 4.90 Å². The van der Waals surface area contributed by atoms with Gasteiger partial charge in [-0.25, -0.2) is 0 Å². The number of nitrogens with zero attached hydrogens (tertiary/aromatic N) is 1. The van der Waals surface area contributed by atoms with Crippen molar-refractivity contribution in [3.8, 4) is 0 Å². The van der Waals surface area contributed by atoms with E-state index in [2.05, 4.69) is 11.8 Å². The molecule has 1 fully saturated rings. The first-order valence-electron chi connectivity index (χ1n) is 4.70. The highest BCUT2D eigenvalue weighted by molar-refractivity contribution is 5.69. The Morgan fingerprint density at radius 3 is 2.67 bits per heavy atom. The van der Waals surface area contributed by atoms with Crippen LogP contribution in [0.2, 0.25) is 0 Å². The van der Waals surface area contributed by atoms with Gasteiger partial charge >= 0.3 is 5.97 Å². The monoisotopic (exact) mass is 171 g/mol. The number of hydrogen-bond acceptors (Lipinski definition) is 2. The topological polar surface area (TPSA) is 40.5 Å². The van der Waals surface area contributed by atoms with Crippen LogP contribution in [0.25, 0.3) is 0 Å². The fraction of sp³-hybridized carbons (Fsp3) is 0.889. The van der Waals surface area contributed by atoms with Gasteiger partial charge in [-0.2, -0.15) is 0 Å². The molecule has 0 saturated heterocycles. The Morgan fingerprint density at radius 1 is 1.58 bits per heavy atom. The lowest BCUT2D eigenvalue weighted by molar-refractivity contribution is -0.138. The Morgan fingerprint density at radius 2 is 2.25 bits per heavy atom. The maximum Gasteiger partial charge on any atom is 0.317 e. The molecule has 1 rings (SSSR count). The van der Waals surface area contributed by atoms with E-state index in [-0.39, 0.29) is 6.54 Å². The SMILES string of the molecule is CCCCN(CC(=O)O)C1CC1. The molecule has 0 aromatic carbocycles. The van der Waals surface area contributed by atoms with Crippen LogP contribution in [0.4, 0.5) is 0 Å². The predicted octanol–water partition coefficient (Wildman–Crippen LogP) is 1.34. The average Bonchev–Trinajstić information content (AvgIpc) is 2.79.